The zero-order valence-corrected chi connectivity index (χ0v) is 23.4. The second-order valence-electron chi connectivity index (χ2n) is 12.2. The molecule has 2 N–H and O–H groups in total. The first kappa shape index (κ1) is 28.9. The normalized spacial score (nSPS) is 25.2. The number of nitrogens with one attached hydrogen (secondary N) is 2. The largest absolute Gasteiger partial charge is 0.471 e. The Balaban J connectivity index is 1.59. The predicted molar refractivity (Wildman–Crippen MR) is 135 cm³/mol. The van der Waals surface area contributed by atoms with E-state index < -0.39 is 47.4 Å². The summed E-state index contributed by atoms with van der Waals surface area (Å²) in [5.74, 6) is -4.08. The maximum absolute atomic E-state index is 13.6. The molecule has 2 fully saturated rings. The maximum atomic E-state index is 13.6. The van der Waals surface area contributed by atoms with Crippen molar-refractivity contribution in [2.24, 2.45) is 22.7 Å². The lowest BCUT2D eigenvalue weighted by molar-refractivity contribution is -0.176. The second kappa shape index (κ2) is 9.50. The average molecular weight is 568 g/mol. The molecule has 3 aliphatic rings. The Kier molecular flexibility index (Phi) is 7.03. The van der Waals surface area contributed by atoms with Crippen LogP contribution in [0.15, 0.2) is 6.07 Å². The van der Waals surface area contributed by atoms with E-state index in [1.807, 2.05) is 19.2 Å². The summed E-state index contributed by atoms with van der Waals surface area (Å²) in [5.41, 5.74) is -0.869. The zero-order chi connectivity index (χ0) is 29.2. The molecule has 1 aromatic heterocycles. The van der Waals surface area contributed by atoms with Crippen LogP contribution in [-0.4, -0.2) is 71.8 Å². The van der Waals surface area contributed by atoms with Crippen LogP contribution in [0.5, 0.6) is 0 Å². The Morgan fingerprint density at radius 2 is 1.85 bits per heavy atom. The summed E-state index contributed by atoms with van der Waals surface area (Å²) < 4.78 is 39.1. The van der Waals surface area contributed by atoms with Crippen LogP contribution in [0.1, 0.15) is 60.8 Å². The molecule has 9 nitrogen and oxygen atoms in total. The fourth-order valence-corrected chi connectivity index (χ4v) is 6.91. The van der Waals surface area contributed by atoms with Gasteiger partial charge >= 0.3 is 12.1 Å². The number of piperidine rings is 1. The van der Waals surface area contributed by atoms with Gasteiger partial charge in [0.1, 0.15) is 12.1 Å². The molecule has 1 saturated heterocycles. The van der Waals surface area contributed by atoms with E-state index in [9.17, 15) is 37.6 Å². The van der Waals surface area contributed by atoms with E-state index in [4.69, 9.17) is 0 Å². The molecule has 5 atom stereocenters. The monoisotopic (exact) mass is 567 g/mol. The molecule has 2 aliphatic heterocycles. The topological polar surface area (TPSA) is 123 Å². The number of rotatable bonds is 5. The molecule has 4 rings (SSSR count). The van der Waals surface area contributed by atoms with E-state index in [0.717, 1.165) is 4.88 Å². The van der Waals surface area contributed by atoms with Crippen LogP contribution in [0.4, 0.5) is 13.2 Å². The molecule has 212 valence electrons. The van der Waals surface area contributed by atoms with Crippen molar-refractivity contribution < 1.29 is 32.3 Å². The van der Waals surface area contributed by atoms with Crippen molar-refractivity contribution in [2.45, 2.75) is 65.3 Å². The van der Waals surface area contributed by atoms with Gasteiger partial charge in [-0.1, -0.05) is 34.6 Å². The number of likely N-dealkylation sites (N-methyl/N-ethyl adjacent to an activating group) is 1. The van der Waals surface area contributed by atoms with Crippen molar-refractivity contribution in [3.05, 3.63) is 21.4 Å². The van der Waals surface area contributed by atoms with Gasteiger partial charge in [0.25, 0.3) is 5.91 Å². The number of nitriles is 1. The van der Waals surface area contributed by atoms with Crippen molar-refractivity contribution in [1.29, 1.82) is 5.26 Å². The minimum absolute atomic E-state index is 0.0566. The lowest BCUT2D eigenvalue weighted by Crippen LogP contribution is -2.60. The molecule has 0 aromatic carbocycles. The van der Waals surface area contributed by atoms with Gasteiger partial charge in [-0.2, -0.15) is 18.4 Å². The van der Waals surface area contributed by atoms with Crippen molar-refractivity contribution in [3.8, 4) is 6.07 Å². The van der Waals surface area contributed by atoms with Crippen LogP contribution in [0.2, 0.25) is 0 Å². The molecular weight excluding hydrogens is 535 g/mol. The molecule has 0 radical (unpaired) electrons. The number of halogens is 3. The van der Waals surface area contributed by atoms with Gasteiger partial charge in [-0.05, 0) is 28.7 Å². The van der Waals surface area contributed by atoms with Gasteiger partial charge in [0.2, 0.25) is 11.8 Å². The van der Waals surface area contributed by atoms with Gasteiger partial charge in [0.05, 0.1) is 11.6 Å². The first-order valence-corrected chi connectivity index (χ1v) is 13.5. The minimum atomic E-state index is -5.17. The first-order valence-electron chi connectivity index (χ1n) is 12.7. The molecule has 2 unspecified atom stereocenters. The fourth-order valence-electron chi connectivity index (χ4n) is 5.77. The fraction of sp³-hybridized carbons (Fsp3) is 0.654. The van der Waals surface area contributed by atoms with Gasteiger partial charge in [0.15, 0.2) is 6.04 Å². The number of thiophene rings is 1. The quantitative estimate of drug-likeness (QED) is 0.567. The number of carbonyl (C=O) groups is 4. The van der Waals surface area contributed by atoms with Crippen LogP contribution in [0, 0.1) is 34.0 Å². The van der Waals surface area contributed by atoms with Crippen LogP contribution in [0.3, 0.4) is 0 Å². The lowest BCUT2D eigenvalue weighted by atomic mass is 9.85. The van der Waals surface area contributed by atoms with Crippen molar-refractivity contribution in [3.63, 3.8) is 0 Å². The number of fused-ring (bicyclic) bond motifs is 2. The summed E-state index contributed by atoms with van der Waals surface area (Å²) in [6.45, 7) is 9.20. The average Bonchev–Trinajstić information content (AvgIpc) is 3.21. The Bertz CT molecular complexity index is 1260. The van der Waals surface area contributed by atoms with E-state index in [-0.39, 0.29) is 29.7 Å². The van der Waals surface area contributed by atoms with E-state index in [1.165, 1.54) is 37.0 Å². The van der Waals surface area contributed by atoms with Crippen molar-refractivity contribution >= 4 is 35.0 Å². The molecule has 1 aromatic rings. The second-order valence-corrected chi connectivity index (χ2v) is 13.4. The highest BCUT2D eigenvalue weighted by molar-refractivity contribution is 7.12. The van der Waals surface area contributed by atoms with E-state index in [2.05, 4.69) is 11.4 Å². The summed E-state index contributed by atoms with van der Waals surface area (Å²) in [5, 5.41) is 14.4. The molecule has 3 heterocycles. The Morgan fingerprint density at radius 1 is 1.21 bits per heavy atom. The number of nitrogens with zero attached hydrogens (tertiary/aromatic N) is 3. The zero-order valence-electron chi connectivity index (χ0n) is 22.6. The molecule has 1 aliphatic carbocycles. The summed E-state index contributed by atoms with van der Waals surface area (Å²) in [6.07, 6.45) is -4.54. The maximum Gasteiger partial charge on any atom is 0.471 e. The molecular formula is C26H32F3N5O4S. The lowest BCUT2D eigenvalue weighted by Gasteiger charge is -2.37. The Labute approximate surface area is 228 Å². The van der Waals surface area contributed by atoms with E-state index in [0.29, 0.717) is 23.4 Å². The third-order valence-electron chi connectivity index (χ3n) is 8.19. The summed E-state index contributed by atoms with van der Waals surface area (Å²) in [4.78, 5) is 55.7. The van der Waals surface area contributed by atoms with Crippen LogP contribution in [0.25, 0.3) is 0 Å². The SMILES string of the molecule is CN1CCc2sc(C(C#N)NC(=O)[C@@H]3[C@@H]4[C@H](CN3C(=O)C(NC(=O)C(F)(F)F)C(C)(C)C)C4(C)C)cc2C1=O. The van der Waals surface area contributed by atoms with Crippen LogP contribution < -0.4 is 10.6 Å². The number of hydrogen-bond donors (Lipinski definition) is 2. The summed E-state index contributed by atoms with van der Waals surface area (Å²) in [6, 6.07) is 0.0383. The van der Waals surface area contributed by atoms with E-state index in [1.54, 1.807) is 18.0 Å². The third kappa shape index (κ3) is 5.11. The summed E-state index contributed by atoms with van der Waals surface area (Å²) >= 11 is 1.27. The van der Waals surface area contributed by atoms with Gasteiger partial charge in [0, 0.05) is 36.3 Å². The molecule has 0 bridgehead atoms. The molecule has 39 heavy (non-hydrogen) atoms. The van der Waals surface area contributed by atoms with Gasteiger partial charge in [-0.25, -0.2) is 0 Å². The van der Waals surface area contributed by atoms with Gasteiger partial charge in [-0.3, -0.25) is 19.2 Å². The predicted octanol–water partition coefficient (Wildman–Crippen LogP) is 2.63. The minimum Gasteiger partial charge on any atom is -0.341 e. The third-order valence-corrected chi connectivity index (χ3v) is 9.45. The highest BCUT2D eigenvalue weighted by atomic mass is 32.1. The molecule has 4 amide bonds. The molecule has 1 saturated carbocycles. The number of alkyl halides is 3. The Morgan fingerprint density at radius 3 is 2.41 bits per heavy atom. The number of likely N-dealkylation sites (tertiary alicyclic amines) is 1. The highest BCUT2D eigenvalue weighted by Gasteiger charge is 2.70. The smallest absolute Gasteiger partial charge is 0.341 e. The van der Waals surface area contributed by atoms with Crippen molar-refractivity contribution in [2.75, 3.05) is 20.1 Å². The van der Waals surface area contributed by atoms with Crippen molar-refractivity contribution in [1.82, 2.24) is 20.4 Å². The first-order chi connectivity index (χ1) is 17.9. The standard InChI is InChI=1S/C26H32F3N5O4S/c1-24(2,3)19(32-23(38)26(27,28)29)22(37)34-11-13-17(25(13,4)5)18(34)20(35)31-14(10-30)16-9-12-15(39-16)7-8-33(6)21(12)36/h9,13-14,17-19H,7-8,11H2,1-6H3,(H,31,35)(H,32,38)/t13-,14?,17-,18-,19?/m0/s1. The number of carbonyl (C=O) groups excluding carboxylic acids is 4. The van der Waals surface area contributed by atoms with Crippen LogP contribution >= 0.6 is 11.3 Å². The number of hydrogen-bond acceptors (Lipinski definition) is 6. The molecule has 0 spiro atoms. The van der Waals surface area contributed by atoms with Gasteiger partial charge in [-0.15, -0.1) is 11.3 Å². The summed E-state index contributed by atoms with van der Waals surface area (Å²) in [7, 11) is 1.69. The van der Waals surface area contributed by atoms with Crippen LogP contribution in [-0.2, 0) is 20.8 Å². The molecule has 13 heteroatoms. The van der Waals surface area contributed by atoms with Gasteiger partial charge < -0.3 is 20.4 Å². The van der Waals surface area contributed by atoms with E-state index >= 15 is 0 Å². The highest BCUT2D eigenvalue weighted by Crippen LogP contribution is 2.65. The number of amides is 4. The Hall–Kier alpha value is -3.14.